The molecule has 2 atom stereocenters. The third kappa shape index (κ3) is 3.85. The molecule has 0 radical (unpaired) electrons. The zero-order valence-corrected chi connectivity index (χ0v) is 17.9. The van der Waals surface area contributed by atoms with Gasteiger partial charge in [-0.05, 0) is 36.2 Å². The number of carbonyl (C=O) groups is 2. The number of H-pyrrole nitrogens is 1. The van der Waals surface area contributed by atoms with Gasteiger partial charge in [-0.15, -0.1) is 0 Å². The predicted octanol–water partition coefficient (Wildman–Crippen LogP) is 3.14. The Morgan fingerprint density at radius 3 is 2.81 bits per heavy atom. The molecule has 4 aromatic rings. The molecule has 0 saturated carbocycles. The standard InChI is InChI=1S/C23H21ClN6O2/c24-16-5-3-15(4-6-16)17-7-11-29(13-19(17)28-22(31)21-26-8-9-27-21)23(32)18-2-1-10-30-14-25-12-20(18)30/h1-6,8-10,12,14,17,19H,7,11,13H2,(H,26,27)(H,28,31)/t17-,19+/m0/s1. The second kappa shape index (κ2) is 8.47. The number of hydrogen-bond donors (Lipinski definition) is 2. The van der Waals surface area contributed by atoms with Crippen LogP contribution in [0.15, 0.2) is 67.5 Å². The summed E-state index contributed by atoms with van der Waals surface area (Å²) in [5, 5.41) is 3.73. The Bertz CT molecular complexity index is 1250. The highest BCUT2D eigenvalue weighted by atomic mass is 35.5. The molecule has 1 fully saturated rings. The van der Waals surface area contributed by atoms with Crippen LogP contribution in [-0.2, 0) is 0 Å². The maximum absolute atomic E-state index is 13.4. The molecule has 0 aliphatic carbocycles. The fourth-order valence-corrected chi connectivity index (χ4v) is 4.44. The van der Waals surface area contributed by atoms with Crippen molar-refractivity contribution in [3.8, 4) is 0 Å². The zero-order chi connectivity index (χ0) is 22.1. The fourth-order valence-electron chi connectivity index (χ4n) is 4.32. The molecule has 3 aromatic heterocycles. The van der Waals surface area contributed by atoms with Gasteiger partial charge in [0.1, 0.15) is 0 Å². The van der Waals surface area contributed by atoms with Gasteiger partial charge in [-0.2, -0.15) is 0 Å². The number of likely N-dealkylation sites (tertiary alicyclic amines) is 1. The number of nitrogens with one attached hydrogen (secondary N) is 2. The molecule has 1 aromatic carbocycles. The molecule has 8 nitrogen and oxygen atoms in total. The van der Waals surface area contributed by atoms with Gasteiger partial charge in [-0.25, -0.2) is 9.97 Å². The first-order valence-electron chi connectivity index (χ1n) is 10.4. The maximum Gasteiger partial charge on any atom is 0.287 e. The number of halogens is 1. The smallest absolute Gasteiger partial charge is 0.287 e. The highest BCUT2D eigenvalue weighted by Gasteiger charge is 2.34. The lowest BCUT2D eigenvalue weighted by Gasteiger charge is -2.39. The van der Waals surface area contributed by atoms with Crippen molar-refractivity contribution in [3.05, 3.63) is 89.5 Å². The summed E-state index contributed by atoms with van der Waals surface area (Å²) in [6.07, 6.45) is 9.06. The first-order valence-corrected chi connectivity index (χ1v) is 10.7. The minimum atomic E-state index is -0.300. The first kappa shape index (κ1) is 20.3. The van der Waals surface area contributed by atoms with E-state index in [1.54, 1.807) is 29.7 Å². The second-order valence-electron chi connectivity index (χ2n) is 7.82. The van der Waals surface area contributed by atoms with Gasteiger partial charge in [0.2, 0.25) is 0 Å². The Labute approximate surface area is 189 Å². The third-order valence-corrected chi connectivity index (χ3v) is 6.16. The lowest BCUT2D eigenvalue weighted by atomic mass is 9.85. The van der Waals surface area contributed by atoms with Crippen molar-refractivity contribution in [2.75, 3.05) is 13.1 Å². The molecule has 0 unspecified atom stereocenters. The third-order valence-electron chi connectivity index (χ3n) is 5.91. The van der Waals surface area contributed by atoms with Crippen LogP contribution >= 0.6 is 11.6 Å². The summed E-state index contributed by atoms with van der Waals surface area (Å²) in [4.78, 5) is 39.0. The monoisotopic (exact) mass is 448 g/mol. The van der Waals surface area contributed by atoms with E-state index in [0.717, 1.165) is 11.1 Å². The number of aromatic amines is 1. The van der Waals surface area contributed by atoms with Gasteiger partial charge in [0.15, 0.2) is 5.82 Å². The highest BCUT2D eigenvalue weighted by Crippen LogP contribution is 2.30. The van der Waals surface area contributed by atoms with Crippen LogP contribution in [0.5, 0.6) is 0 Å². The Morgan fingerprint density at radius 1 is 1.19 bits per heavy atom. The number of hydrogen-bond acceptors (Lipinski definition) is 4. The van der Waals surface area contributed by atoms with Crippen LogP contribution < -0.4 is 5.32 Å². The van der Waals surface area contributed by atoms with Crippen molar-refractivity contribution in [1.29, 1.82) is 0 Å². The summed E-state index contributed by atoms with van der Waals surface area (Å²) in [6, 6.07) is 11.0. The maximum atomic E-state index is 13.4. The molecule has 9 heteroatoms. The van der Waals surface area contributed by atoms with Crippen LogP contribution in [0.2, 0.25) is 5.02 Å². The molecule has 1 aliphatic heterocycles. The van der Waals surface area contributed by atoms with Crippen molar-refractivity contribution in [2.24, 2.45) is 0 Å². The van der Waals surface area contributed by atoms with Crippen LogP contribution in [0, 0.1) is 0 Å². The van der Waals surface area contributed by atoms with Crippen LogP contribution in [0.4, 0.5) is 0 Å². The topological polar surface area (TPSA) is 95.4 Å². The average Bonchev–Trinajstić information content (AvgIpc) is 3.51. The van der Waals surface area contributed by atoms with E-state index in [0.29, 0.717) is 30.1 Å². The van der Waals surface area contributed by atoms with Crippen molar-refractivity contribution in [3.63, 3.8) is 0 Å². The molecule has 5 rings (SSSR count). The molecule has 0 spiro atoms. The van der Waals surface area contributed by atoms with E-state index in [4.69, 9.17) is 11.6 Å². The number of benzene rings is 1. The van der Waals surface area contributed by atoms with Crippen molar-refractivity contribution >= 4 is 28.9 Å². The van der Waals surface area contributed by atoms with E-state index in [1.165, 1.54) is 6.20 Å². The largest absolute Gasteiger partial charge is 0.344 e. The van der Waals surface area contributed by atoms with Crippen LogP contribution in [-0.4, -0.2) is 55.2 Å². The van der Waals surface area contributed by atoms with Crippen LogP contribution in [0.1, 0.15) is 38.9 Å². The lowest BCUT2D eigenvalue weighted by Crippen LogP contribution is -2.53. The van der Waals surface area contributed by atoms with Crippen molar-refractivity contribution < 1.29 is 9.59 Å². The molecule has 32 heavy (non-hydrogen) atoms. The number of fused-ring (bicyclic) bond motifs is 1. The van der Waals surface area contributed by atoms with E-state index in [-0.39, 0.29) is 29.6 Å². The van der Waals surface area contributed by atoms with Gasteiger partial charge in [-0.3, -0.25) is 9.59 Å². The summed E-state index contributed by atoms with van der Waals surface area (Å²) in [5.74, 6) is -0.0950. The Morgan fingerprint density at radius 2 is 2.03 bits per heavy atom. The molecule has 2 amide bonds. The molecule has 0 bridgehead atoms. The highest BCUT2D eigenvalue weighted by molar-refractivity contribution is 6.30. The van der Waals surface area contributed by atoms with E-state index in [2.05, 4.69) is 20.3 Å². The van der Waals surface area contributed by atoms with Gasteiger partial charge in [-0.1, -0.05) is 23.7 Å². The quantitative estimate of drug-likeness (QED) is 0.501. The molecule has 4 heterocycles. The van der Waals surface area contributed by atoms with Crippen molar-refractivity contribution in [1.82, 2.24) is 29.6 Å². The van der Waals surface area contributed by atoms with E-state index >= 15 is 0 Å². The van der Waals surface area contributed by atoms with Crippen LogP contribution in [0.25, 0.3) is 5.52 Å². The molecule has 162 valence electrons. The molecule has 1 saturated heterocycles. The van der Waals surface area contributed by atoms with E-state index < -0.39 is 0 Å². The van der Waals surface area contributed by atoms with Gasteiger partial charge in [0.25, 0.3) is 11.8 Å². The number of amides is 2. The summed E-state index contributed by atoms with van der Waals surface area (Å²) in [5.41, 5.74) is 2.42. The minimum Gasteiger partial charge on any atom is -0.344 e. The van der Waals surface area contributed by atoms with Crippen LogP contribution in [0.3, 0.4) is 0 Å². The van der Waals surface area contributed by atoms with Gasteiger partial charge in [0.05, 0.1) is 29.6 Å². The second-order valence-corrected chi connectivity index (χ2v) is 8.26. The lowest BCUT2D eigenvalue weighted by molar-refractivity contribution is 0.0655. The summed E-state index contributed by atoms with van der Waals surface area (Å²) in [6.45, 7) is 0.961. The predicted molar refractivity (Wildman–Crippen MR) is 120 cm³/mol. The summed E-state index contributed by atoms with van der Waals surface area (Å²) >= 11 is 6.07. The zero-order valence-electron chi connectivity index (χ0n) is 17.1. The first-order chi connectivity index (χ1) is 15.6. The molecule has 2 N–H and O–H groups in total. The Hall–Kier alpha value is -3.65. The van der Waals surface area contributed by atoms with Gasteiger partial charge < -0.3 is 19.6 Å². The molecule has 1 aliphatic rings. The van der Waals surface area contributed by atoms with Crippen molar-refractivity contribution in [2.45, 2.75) is 18.4 Å². The normalized spacial score (nSPS) is 18.6. The minimum absolute atomic E-state index is 0.0426. The Balaban J connectivity index is 1.42. The number of rotatable bonds is 4. The molecular formula is C23H21ClN6O2. The van der Waals surface area contributed by atoms with Gasteiger partial charge >= 0.3 is 0 Å². The number of nitrogens with zero attached hydrogens (tertiary/aromatic N) is 4. The number of imidazole rings is 2. The average molecular weight is 449 g/mol. The van der Waals surface area contributed by atoms with Gasteiger partial charge in [0, 0.05) is 42.6 Å². The number of pyridine rings is 1. The molecular weight excluding hydrogens is 428 g/mol. The fraction of sp³-hybridized carbons (Fsp3) is 0.217. The number of carbonyl (C=O) groups excluding carboxylic acids is 2. The summed E-state index contributed by atoms with van der Waals surface area (Å²) < 4.78 is 1.82. The Kier molecular flexibility index (Phi) is 5.36. The van der Waals surface area contributed by atoms with E-state index in [1.807, 2.05) is 40.9 Å². The number of aromatic nitrogens is 4. The van der Waals surface area contributed by atoms with E-state index in [9.17, 15) is 9.59 Å². The summed E-state index contributed by atoms with van der Waals surface area (Å²) in [7, 11) is 0. The SMILES string of the molecule is O=C(N[C@@H]1CN(C(=O)c2cccn3cncc23)CC[C@H]1c1ccc(Cl)cc1)c1ncc[nH]1. The number of piperidine rings is 1.